The maximum atomic E-state index is 11.6. The Bertz CT molecular complexity index is 360. The highest BCUT2D eigenvalue weighted by molar-refractivity contribution is 6.02. The molecule has 2 fully saturated rings. The van der Waals surface area contributed by atoms with E-state index < -0.39 is 0 Å². The van der Waals surface area contributed by atoms with Gasteiger partial charge >= 0.3 is 0 Å². The van der Waals surface area contributed by atoms with Crippen LogP contribution in [0.4, 0.5) is 0 Å². The minimum atomic E-state index is -0.193. The molecular weight excluding hydrogens is 236 g/mol. The fourth-order valence-corrected chi connectivity index (χ4v) is 2.03. The van der Waals surface area contributed by atoms with Gasteiger partial charge in [-0.2, -0.15) is 0 Å². The van der Waals surface area contributed by atoms with E-state index in [1.54, 1.807) is 0 Å². The van der Waals surface area contributed by atoms with E-state index in [1.165, 1.54) is 0 Å². The third kappa shape index (κ3) is 2.87. The molecule has 6 heteroatoms. The Labute approximate surface area is 105 Å². The summed E-state index contributed by atoms with van der Waals surface area (Å²) in [6.45, 7) is 0.732. The van der Waals surface area contributed by atoms with Gasteiger partial charge in [0, 0.05) is 37.8 Å². The molecule has 0 radical (unpaired) electrons. The smallest absolute Gasteiger partial charge is 0.229 e. The molecule has 0 spiro atoms. The van der Waals surface area contributed by atoms with Gasteiger partial charge < -0.3 is 10.4 Å². The number of hydrogen-bond acceptors (Lipinski definition) is 4. The molecule has 0 atom stereocenters. The lowest BCUT2D eigenvalue weighted by atomic mass is 10.1. The summed E-state index contributed by atoms with van der Waals surface area (Å²) in [5, 5.41) is 11.8. The molecule has 0 bridgehead atoms. The van der Waals surface area contributed by atoms with Gasteiger partial charge in [0.2, 0.25) is 17.7 Å². The first kappa shape index (κ1) is 13.0. The Kier molecular flexibility index (Phi) is 3.65. The molecule has 1 saturated heterocycles. The standard InChI is InChI=1S/C12H18N2O4/c15-8-12(4-5-12)7-13-9(16)3-6-14-10(17)1-2-11(14)18/h15H,1-8H2,(H,13,16). The monoisotopic (exact) mass is 254 g/mol. The SMILES string of the molecule is O=C(CCN1C(=O)CCC1=O)NCC1(CO)CC1. The van der Waals surface area contributed by atoms with Crippen molar-refractivity contribution in [1.29, 1.82) is 0 Å². The van der Waals surface area contributed by atoms with E-state index in [0.29, 0.717) is 6.54 Å². The van der Waals surface area contributed by atoms with Crippen LogP contribution in [0.5, 0.6) is 0 Å². The van der Waals surface area contributed by atoms with Crippen LogP contribution in [0.1, 0.15) is 32.1 Å². The number of carbonyl (C=O) groups excluding carboxylic acids is 3. The van der Waals surface area contributed by atoms with Crippen LogP contribution in [-0.4, -0.2) is 47.4 Å². The molecule has 6 nitrogen and oxygen atoms in total. The predicted octanol–water partition coefficient (Wildman–Crippen LogP) is -0.586. The van der Waals surface area contributed by atoms with Gasteiger partial charge in [-0.05, 0) is 12.8 Å². The van der Waals surface area contributed by atoms with Crippen LogP contribution < -0.4 is 5.32 Å². The molecule has 100 valence electrons. The van der Waals surface area contributed by atoms with E-state index in [-0.39, 0.29) is 55.6 Å². The number of nitrogens with one attached hydrogen (secondary N) is 1. The van der Waals surface area contributed by atoms with Crippen molar-refractivity contribution in [2.45, 2.75) is 32.1 Å². The summed E-state index contributed by atoms with van der Waals surface area (Å²) in [6.07, 6.45) is 2.53. The number of likely N-dealkylation sites (tertiary alicyclic amines) is 1. The van der Waals surface area contributed by atoms with Crippen molar-refractivity contribution in [2.24, 2.45) is 5.41 Å². The van der Waals surface area contributed by atoms with Gasteiger partial charge in [-0.15, -0.1) is 0 Å². The molecule has 1 aliphatic carbocycles. The normalized spacial score (nSPS) is 21.3. The van der Waals surface area contributed by atoms with Crippen LogP contribution in [-0.2, 0) is 14.4 Å². The number of imide groups is 1. The Morgan fingerprint density at radius 2 is 1.89 bits per heavy atom. The zero-order chi connectivity index (χ0) is 13.2. The van der Waals surface area contributed by atoms with Gasteiger partial charge in [0.25, 0.3) is 0 Å². The second kappa shape index (κ2) is 5.06. The predicted molar refractivity (Wildman–Crippen MR) is 62.3 cm³/mol. The van der Waals surface area contributed by atoms with Crippen LogP contribution in [0.3, 0.4) is 0 Å². The van der Waals surface area contributed by atoms with Crippen molar-refractivity contribution in [3.05, 3.63) is 0 Å². The second-order valence-corrected chi connectivity index (χ2v) is 5.12. The molecule has 1 heterocycles. The Morgan fingerprint density at radius 1 is 1.28 bits per heavy atom. The molecule has 18 heavy (non-hydrogen) atoms. The summed E-state index contributed by atoms with van der Waals surface area (Å²) in [4.78, 5) is 35.3. The fourth-order valence-electron chi connectivity index (χ4n) is 2.03. The molecule has 2 rings (SSSR count). The number of nitrogens with zero attached hydrogens (tertiary/aromatic N) is 1. The summed E-state index contributed by atoms with van der Waals surface area (Å²) in [7, 11) is 0. The van der Waals surface area contributed by atoms with Gasteiger partial charge in [-0.3, -0.25) is 19.3 Å². The van der Waals surface area contributed by atoms with E-state index in [4.69, 9.17) is 5.11 Å². The number of hydrogen-bond donors (Lipinski definition) is 2. The first-order valence-electron chi connectivity index (χ1n) is 6.27. The van der Waals surface area contributed by atoms with Gasteiger partial charge in [0.1, 0.15) is 0 Å². The van der Waals surface area contributed by atoms with Gasteiger partial charge in [-0.1, -0.05) is 0 Å². The van der Waals surface area contributed by atoms with E-state index in [9.17, 15) is 14.4 Å². The molecule has 1 saturated carbocycles. The Morgan fingerprint density at radius 3 is 2.39 bits per heavy atom. The van der Waals surface area contributed by atoms with Crippen LogP contribution in [0.2, 0.25) is 0 Å². The molecule has 2 aliphatic rings. The van der Waals surface area contributed by atoms with Crippen molar-refractivity contribution in [3.8, 4) is 0 Å². The zero-order valence-electron chi connectivity index (χ0n) is 10.3. The van der Waals surface area contributed by atoms with E-state index in [2.05, 4.69) is 5.32 Å². The first-order valence-corrected chi connectivity index (χ1v) is 6.27. The average Bonchev–Trinajstić information content (AvgIpc) is 3.08. The Balaban J connectivity index is 1.68. The average molecular weight is 254 g/mol. The minimum Gasteiger partial charge on any atom is -0.396 e. The van der Waals surface area contributed by atoms with E-state index in [0.717, 1.165) is 17.7 Å². The van der Waals surface area contributed by atoms with Crippen molar-refractivity contribution in [1.82, 2.24) is 10.2 Å². The van der Waals surface area contributed by atoms with Crippen molar-refractivity contribution < 1.29 is 19.5 Å². The van der Waals surface area contributed by atoms with Gasteiger partial charge in [-0.25, -0.2) is 0 Å². The fraction of sp³-hybridized carbons (Fsp3) is 0.750. The lowest BCUT2D eigenvalue weighted by Gasteiger charge is -2.15. The summed E-state index contributed by atoms with van der Waals surface area (Å²) in [5.74, 6) is -0.564. The molecule has 0 aromatic carbocycles. The second-order valence-electron chi connectivity index (χ2n) is 5.12. The number of aliphatic hydroxyl groups is 1. The maximum Gasteiger partial charge on any atom is 0.229 e. The first-order chi connectivity index (χ1) is 8.56. The van der Waals surface area contributed by atoms with E-state index >= 15 is 0 Å². The topological polar surface area (TPSA) is 86.7 Å². The molecular formula is C12H18N2O4. The third-order valence-electron chi connectivity index (χ3n) is 3.67. The van der Waals surface area contributed by atoms with Crippen molar-refractivity contribution >= 4 is 17.7 Å². The van der Waals surface area contributed by atoms with Gasteiger partial charge in [0.15, 0.2) is 0 Å². The Hall–Kier alpha value is -1.43. The number of rotatable bonds is 6. The van der Waals surface area contributed by atoms with Crippen LogP contribution in [0.25, 0.3) is 0 Å². The van der Waals surface area contributed by atoms with Crippen LogP contribution >= 0.6 is 0 Å². The van der Waals surface area contributed by atoms with Gasteiger partial charge in [0.05, 0.1) is 6.61 Å². The maximum absolute atomic E-state index is 11.6. The quantitative estimate of drug-likeness (QED) is 0.620. The lowest BCUT2D eigenvalue weighted by Crippen LogP contribution is -2.36. The van der Waals surface area contributed by atoms with E-state index in [1.807, 2.05) is 0 Å². The van der Waals surface area contributed by atoms with Crippen molar-refractivity contribution in [2.75, 3.05) is 19.7 Å². The zero-order valence-corrected chi connectivity index (χ0v) is 10.3. The minimum absolute atomic E-state index is 0.0936. The lowest BCUT2D eigenvalue weighted by molar-refractivity contribution is -0.138. The molecule has 1 aliphatic heterocycles. The summed E-state index contributed by atoms with van der Waals surface area (Å²) < 4.78 is 0. The number of amides is 3. The highest BCUT2D eigenvalue weighted by Gasteiger charge is 2.42. The molecule has 2 N–H and O–H groups in total. The third-order valence-corrected chi connectivity index (χ3v) is 3.67. The highest BCUT2D eigenvalue weighted by atomic mass is 16.3. The summed E-state index contributed by atoms with van der Waals surface area (Å²) in [5.41, 5.74) is -0.116. The largest absolute Gasteiger partial charge is 0.396 e. The molecule has 3 amide bonds. The molecule has 0 aromatic rings. The highest BCUT2D eigenvalue weighted by Crippen LogP contribution is 2.44. The number of carbonyl (C=O) groups is 3. The van der Waals surface area contributed by atoms with Crippen LogP contribution in [0.15, 0.2) is 0 Å². The molecule has 0 aromatic heterocycles. The van der Waals surface area contributed by atoms with Crippen molar-refractivity contribution in [3.63, 3.8) is 0 Å². The summed E-state index contributed by atoms with van der Waals surface area (Å²) in [6, 6.07) is 0. The van der Waals surface area contributed by atoms with Crippen LogP contribution in [0, 0.1) is 5.41 Å². The number of aliphatic hydroxyl groups excluding tert-OH is 1. The summed E-state index contributed by atoms with van der Waals surface area (Å²) >= 11 is 0. The molecule has 0 unspecified atom stereocenters.